The molecular weight excluding hydrogens is 300 g/mol. The Labute approximate surface area is 143 Å². The van der Waals surface area contributed by atoms with Crippen molar-refractivity contribution in [3.05, 3.63) is 36.5 Å². The molecule has 0 radical (unpaired) electrons. The van der Waals surface area contributed by atoms with Gasteiger partial charge in [-0.15, -0.1) is 5.10 Å². The molecule has 1 fully saturated rings. The minimum absolute atomic E-state index is 0.624. The highest BCUT2D eigenvalue weighted by atomic mass is 15.3. The number of hydrogen-bond acceptors (Lipinski definition) is 6. The lowest BCUT2D eigenvalue weighted by molar-refractivity contribution is 0.604. The van der Waals surface area contributed by atoms with Gasteiger partial charge in [0.05, 0.1) is 6.20 Å². The minimum atomic E-state index is 0.624. The molecule has 6 heteroatoms. The minimum Gasteiger partial charge on any atom is -0.368 e. The number of benzene rings is 1. The van der Waals surface area contributed by atoms with Gasteiger partial charge in [0, 0.05) is 38.4 Å². The molecule has 1 aromatic carbocycles. The topological polar surface area (TPSA) is 57.2 Å². The Bertz CT molecular complexity index is 622. The summed E-state index contributed by atoms with van der Waals surface area (Å²) >= 11 is 0. The average Bonchev–Trinajstić information content (AvgIpc) is 2.63. The van der Waals surface area contributed by atoms with Gasteiger partial charge in [-0.05, 0) is 24.5 Å². The van der Waals surface area contributed by atoms with E-state index in [1.165, 1.54) is 5.69 Å². The first-order valence-corrected chi connectivity index (χ1v) is 8.71. The van der Waals surface area contributed by atoms with Crippen LogP contribution < -0.4 is 15.1 Å². The Hall–Kier alpha value is -2.37. The van der Waals surface area contributed by atoms with Crippen molar-refractivity contribution in [3.8, 4) is 0 Å². The first kappa shape index (κ1) is 16.5. The third-order valence-corrected chi connectivity index (χ3v) is 4.28. The second kappa shape index (κ2) is 7.95. The van der Waals surface area contributed by atoms with Gasteiger partial charge in [0.2, 0.25) is 5.95 Å². The van der Waals surface area contributed by atoms with E-state index >= 15 is 0 Å². The second-order valence-electron chi connectivity index (χ2n) is 6.56. The summed E-state index contributed by atoms with van der Waals surface area (Å²) in [5.74, 6) is 2.20. The monoisotopic (exact) mass is 326 g/mol. The predicted octanol–water partition coefficient (Wildman–Crippen LogP) is 2.66. The lowest BCUT2D eigenvalue weighted by Gasteiger charge is -2.36. The van der Waals surface area contributed by atoms with Crippen molar-refractivity contribution in [3.63, 3.8) is 0 Å². The van der Waals surface area contributed by atoms with Crippen molar-refractivity contribution in [1.82, 2.24) is 15.2 Å². The summed E-state index contributed by atoms with van der Waals surface area (Å²) in [7, 11) is 0. The molecule has 0 amide bonds. The molecule has 1 aliphatic rings. The zero-order valence-electron chi connectivity index (χ0n) is 14.5. The highest BCUT2D eigenvalue weighted by molar-refractivity contribution is 5.49. The Morgan fingerprint density at radius 2 is 1.75 bits per heavy atom. The number of hydrogen-bond donors (Lipinski definition) is 1. The van der Waals surface area contributed by atoms with E-state index in [-0.39, 0.29) is 0 Å². The molecule has 2 aromatic rings. The molecule has 1 aliphatic heterocycles. The summed E-state index contributed by atoms with van der Waals surface area (Å²) in [5.41, 5.74) is 1.29. The van der Waals surface area contributed by atoms with E-state index in [0.29, 0.717) is 11.9 Å². The largest absolute Gasteiger partial charge is 0.368 e. The maximum Gasteiger partial charge on any atom is 0.244 e. The van der Waals surface area contributed by atoms with Crippen LogP contribution in [0.3, 0.4) is 0 Å². The molecule has 0 saturated carbocycles. The number of rotatable bonds is 6. The van der Waals surface area contributed by atoms with Crippen LogP contribution in [0.25, 0.3) is 0 Å². The maximum atomic E-state index is 4.61. The lowest BCUT2D eigenvalue weighted by atomic mass is 10.1. The molecule has 128 valence electrons. The lowest BCUT2D eigenvalue weighted by Crippen LogP contribution is -2.46. The van der Waals surface area contributed by atoms with Gasteiger partial charge in [-0.2, -0.15) is 10.1 Å². The van der Waals surface area contributed by atoms with Crippen LogP contribution in [0.15, 0.2) is 36.5 Å². The van der Waals surface area contributed by atoms with Crippen molar-refractivity contribution < 1.29 is 0 Å². The molecule has 0 aliphatic carbocycles. The molecule has 0 atom stereocenters. The van der Waals surface area contributed by atoms with Gasteiger partial charge in [-0.1, -0.05) is 32.0 Å². The molecule has 0 spiro atoms. The summed E-state index contributed by atoms with van der Waals surface area (Å²) in [6.45, 7) is 9.17. The molecule has 6 nitrogen and oxygen atoms in total. The molecule has 24 heavy (non-hydrogen) atoms. The Morgan fingerprint density at radius 3 is 2.46 bits per heavy atom. The third-order valence-electron chi connectivity index (χ3n) is 4.28. The van der Waals surface area contributed by atoms with E-state index in [9.17, 15) is 0 Å². The summed E-state index contributed by atoms with van der Waals surface area (Å²) in [6.07, 6.45) is 2.86. The van der Waals surface area contributed by atoms with E-state index in [0.717, 1.165) is 45.0 Å². The van der Waals surface area contributed by atoms with E-state index in [4.69, 9.17) is 0 Å². The van der Waals surface area contributed by atoms with E-state index < -0.39 is 0 Å². The number of aromatic nitrogens is 3. The standard InChI is InChI=1S/C18H26N6/c1-15(2)8-9-19-18-21-17(14-20-22-18)24-12-10-23(11-13-24)16-6-4-3-5-7-16/h3-7,14-15H,8-13H2,1-2H3,(H,19,21,22). The number of nitrogens with one attached hydrogen (secondary N) is 1. The maximum absolute atomic E-state index is 4.61. The first-order chi connectivity index (χ1) is 11.7. The Morgan fingerprint density at radius 1 is 1.04 bits per heavy atom. The summed E-state index contributed by atoms with van der Waals surface area (Å²) in [4.78, 5) is 9.30. The zero-order valence-corrected chi connectivity index (χ0v) is 14.5. The zero-order chi connectivity index (χ0) is 16.8. The van der Waals surface area contributed by atoms with Gasteiger partial charge in [-0.3, -0.25) is 0 Å². The fourth-order valence-corrected chi connectivity index (χ4v) is 2.83. The van der Waals surface area contributed by atoms with Gasteiger partial charge in [0.25, 0.3) is 0 Å². The fraction of sp³-hybridized carbons (Fsp3) is 0.500. The fourth-order valence-electron chi connectivity index (χ4n) is 2.83. The highest BCUT2D eigenvalue weighted by Gasteiger charge is 2.19. The van der Waals surface area contributed by atoms with Crippen LogP contribution in [0.2, 0.25) is 0 Å². The van der Waals surface area contributed by atoms with Crippen molar-refractivity contribution >= 4 is 17.5 Å². The molecular formula is C18H26N6. The second-order valence-corrected chi connectivity index (χ2v) is 6.56. The molecule has 1 N–H and O–H groups in total. The average molecular weight is 326 g/mol. The van der Waals surface area contributed by atoms with E-state index in [2.05, 4.69) is 74.5 Å². The molecule has 0 bridgehead atoms. The van der Waals surface area contributed by atoms with Crippen LogP contribution in [0, 0.1) is 5.92 Å². The van der Waals surface area contributed by atoms with Gasteiger partial charge in [0.15, 0.2) is 5.82 Å². The Kier molecular flexibility index (Phi) is 5.46. The SMILES string of the molecule is CC(C)CCNc1nncc(N2CCN(c3ccccc3)CC2)n1. The number of para-hydroxylation sites is 1. The summed E-state index contributed by atoms with van der Waals surface area (Å²) in [6, 6.07) is 10.6. The van der Waals surface area contributed by atoms with Gasteiger partial charge < -0.3 is 15.1 Å². The van der Waals surface area contributed by atoms with Crippen LogP contribution in [-0.4, -0.2) is 47.9 Å². The number of nitrogens with zero attached hydrogens (tertiary/aromatic N) is 5. The van der Waals surface area contributed by atoms with Crippen LogP contribution in [0.4, 0.5) is 17.5 Å². The Balaban J connectivity index is 1.56. The van der Waals surface area contributed by atoms with Crippen LogP contribution in [0.5, 0.6) is 0 Å². The van der Waals surface area contributed by atoms with E-state index in [1.54, 1.807) is 6.20 Å². The molecule has 1 aromatic heterocycles. The van der Waals surface area contributed by atoms with Gasteiger partial charge in [-0.25, -0.2) is 0 Å². The van der Waals surface area contributed by atoms with Crippen LogP contribution in [-0.2, 0) is 0 Å². The number of anilines is 3. The van der Waals surface area contributed by atoms with Crippen molar-refractivity contribution in [2.45, 2.75) is 20.3 Å². The normalized spacial score (nSPS) is 15.0. The predicted molar refractivity (Wildman–Crippen MR) is 98.6 cm³/mol. The van der Waals surface area contributed by atoms with Crippen molar-refractivity contribution in [1.29, 1.82) is 0 Å². The van der Waals surface area contributed by atoms with E-state index in [1.807, 2.05) is 0 Å². The van der Waals surface area contributed by atoms with Crippen molar-refractivity contribution in [2.75, 3.05) is 47.8 Å². The first-order valence-electron chi connectivity index (χ1n) is 8.71. The molecule has 1 saturated heterocycles. The molecule has 2 heterocycles. The third kappa shape index (κ3) is 4.34. The van der Waals surface area contributed by atoms with Gasteiger partial charge >= 0.3 is 0 Å². The summed E-state index contributed by atoms with van der Waals surface area (Å²) < 4.78 is 0. The van der Waals surface area contributed by atoms with Gasteiger partial charge in [0.1, 0.15) is 0 Å². The van der Waals surface area contributed by atoms with Crippen LogP contribution in [0.1, 0.15) is 20.3 Å². The summed E-state index contributed by atoms with van der Waals surface area (Å²) in [5, 5.41) is 11.5. The quantitative estimate of drug-likeness (QED) is 0.881. The van der Waals surface area contributed by atoms with Crippen LogP contribution >= 0.6 is 0 Å². The number of piperazine rings is 1. The molecule has 0 unspecified atom stereocenters. The smallest absolute Gasteiger partial charge is 0.244 e. The van der Waals surface area contributed by atoms with Crippen molar-refractivity contribution in [2.24, 2.45) is 5.92 Å². The highest BCUT2D eigenvalue weighted by Crippen LogP contribution is 2.18. The molecule has 3 rings (SSSR count).